The first-order chi connectivity index (χ1) is 6.31. The molecule has 70 valence electrons. The smallest absolute Gasteiger partial charge is 0.0787 e. The molecule has 1 aromatic rings. The second-order valence-corrected chi connectivity index (χ2v) is 3.44. The maximum absolute atomic E-state index is 9.62. The molecule has 2 rings (SSSR count). The van der Waals surface area contributed by atoms with Gasteiger partial charge in [-0.3, -0.25) is 0 Å². The number of hydrogen-bond donors (Lipinski definition) is 1. The number of ether oxygens (including phenoxy) is 1. The molecule has 0 aliphatic carbocycles. The number of hydrogen-bond acceptors (Lipinski definition) is 2. The van der Waals surface area contributed by atoms with Crippen LogP contribution in [0, 0.1) is 0 Å². The lowest BCUT2D eigenvalue weighted by Crippen LogP contribution is -1.96. The van der Waals surface area contributed by atoms with Gasteiger partial charge in [-0.05, 0) is 23.1 Å². The third kappa shape index (κ3) is 1.60. The maximum Gasteiger partial charge on any atom is 0.0787 e. The highest BCUT2D eigenvalue weighted by molar-refractivity contribution is 5.34. The highest BCUT2D eigenvalue weighted by Gasteiger charge is 2.13. The Bertz CT molecular complexity index is 307. The molecule has 0 spiro atoms. The molecule has 1 aliphatic heterocycles. The quantitative estimate of drug-likeness (QED) is 0.752. The minimum absolute atomic E-state index is 0.328. The molecule has 13 heavy (non-hydrogen) atoms. The van der Waals surface area contributed by atoms with E-state index in [0.29, 0.717) is 6.61 Å². The van der Waals surface area contributed by atoms with E-state index in [0.717, 1.165) is 18.6 Å². The molecular weight excluding hydrogens is 164 g/mol. The summed E-state index contributed by atoms with van der Waals surface area (Å²) in [4.78, 5) is 0. The summed E-state index contributed by atoms with van der Waals surface area (Å²) in [5, 5.41) is 9.62. The molecule has 0 saturated heterocycles. The predicted molar refractivity (Wildman–Crippen MR) is 50.2 cm³/mol. The van der Waals surface area contributed by atoms with Crippen molar-refractivity contribution >= 4 is 0 Å². The maximum atomic E-state index is 9.62. The largest absolute Gasteiger partial charge is 0.388 e. The van der Waals surface area contributed by atoms with E-state index in [9.17, 15) is 5.11 Å². The van der Waals surface area contributed by atoms with Crippen molar-refractivity contribution in [2.45, 2.75) is 32.7 Å². The molecule has 0 aromatic heterocycles. The van der Waals surface area contributed by atoms with E-state index in [2.05, 4.69) is 12.1 Å². The average molecular weight is 178 g/mol. The predicted octanol–water partition coefficient (Wildman–Crippen LogP) is 2.16. The Morgan fingerprint density at radius 2 is 2.15 bits per heavy atom. The van der Waals surface area contributed by atoms with E-state index < -0.39 is 0 Å². The molecule has 1 aliphatic rings. The average Bonchev–Trinajstić information content (AvgIpc) is 2.63. The fourth-order valence-electron chi connectivity index (χ4n) is 1.63. The molecule has 0 radical (unpaired) electrons. The van der Waals surface area contributed by atoms with Gasteiger partial charge in [0.15, 0.2) is 0 Å². The Balaban J connectivity index is 2.30. The van der Waals surface area contributed by atoms with Gasteiger partial charge in [0.25, 0.3) is 0 Å². The van der Waals surface area contributed by atoms with Crippen LogP contribution in [-0.4, -0.2) is 5.11 Å². The zero-order valence-electron chi connectivity index (χ0n) is 7.79. The summed E-state index contributed by atoms with van der Waals surface area (Å²) in [6, 6.07) is 6.09. The van der Waals surface area contributed by atoms with E-state index in [1.165, 1.54) is 11.1 Å². The summed E-state index contributed by atoms with van der Waals surface area (Å²) in [7, 11) is 0. The third-order valence-electron chi connectivity index (χ3n) is 2.52. The monoisotopic (exact) mass is 178 g/mol. The second-order valence-electron chi connectivity index (χ2n) is 3.44. The molecule has 0 unspecified atom stereocenters. The SMILES string of the molecule is CC[C@@H](O)c1ccc2c(c1)COC2. The minimum atomic E-state index is -0.328. The molecule has 2 heteroatoms. The van der Waals surface area contributed by atoms with Crippen LogP contribution in [0.1, 0.15) is 36.1 Å². The summed E-state index contributed by atoms with van der Waals surface area (Å²) in [6.45, 7) is 3.39. The van der Waals surface area contributed by atoms with Crippen molar-refractivity contribution in [3.05, 3.63) is 34.9 Å². The zero-order chi connectivity index (χ0) is 9.26. The summed E-state index contributed by atoms with van der Waals surface area (Å²) in [5.74, 6) is 0. The van der Waals surface area contributed by atoms with Crippen LogP contribution in [0.25, 0.3) is 0 Å². The van der Waals surface area contributed by atoms with Gasteiger partial charge in [0.05, 0.1) is 19.3 Å². The molecular formula is C11H14O2. The van der Waals surface area contributed by atoms with Crippen LogP contribution < -0.4 is 0 Å². The highest BCUT2D eigenvalue weighted by atomic mass is 16.5. The van der Waals surface area contributed by atoms with Gasteiger partial charge in [0.2, 0.25) is 0 Å². The first kappa shape index (κ1) is 8.73. The number of aliphatic hydroxyl groups is 1. The zero-order valence-corrected chi connectivity index (χ0v) is 7.79. The molecule has 0 bridgehead atoms. The third-order valence-corrected chi connectivity index (χ3v) is 2.52. The van der Waals surface area contributed by atoms with Crippen LogP contribution in [0.15, 0.2) is 18.2 Å². The van der Waals surface area contributed by atoms with E-state index in [-0.39, 0.29) is 6.10 Å². The summed E-state index contributed by atoms with van der Waals surface area (Å²) in [6.07, 6.45) is 0.436. The first-order valence-electron chi connectivity index (χ1n) is 4.68. The van der Waals surface area contributed by atoms with Gasteiger partial charge in [-0.15, -0.1) is 0 Å². The van der Waals surface area contributed by atoms with Crippen LogP contribution in [0.5, 0.6) is 0 Å². The van der Waals surface area contributed by atoms with Gasteiger partial charge >= 0.3 is 0 Å². The van der Waals surface area contributed by atoms with Crippen molar-refractivity contribution in [1.29, 1.82) is 0 Å². The molecule has 1 aromatic carbocycles. The molecule has 1 atom stereocenters. The van der Waals surface area contributed by atoms with Gasteiger partial charge in [-0.25, -0.2) is 0 Å². The summed E-state index contributed by atoms with van der Waals surface area (Å²) >= 11 is 0. The Morgan fingerprint density at radius 3 is 2.92 bits per heavy atom. The van der Waals surface area contributed by atoms with Gasteiger partial charge in [0.1, 0.15) is 0 Å². The first-order valence-corrected chi connectivity index (χ1v) is 4.68. The number of benzene rings is 1. The number of rotatable bonds is 2. The molecule has 1 heterocycles. The van der Waals surface area contributed by atoms with Crippen molar-refractivity contribution in [2.75, 3.05) is 0 Å². The van der Waals surface area contributed by atoms with Crippen LogP contribution in [0.2, 0.25) is 0 Å². The van der Waals surface area contributed by atoms with Gasteiger partial charge in [0, 0.05) is 0 Å². The van der Waals surface area contributed by atoms with Gasteiger partial charge < -0.3 is 9.84 Å². The molecule has 0 amide bonds. The molecule has 2 nitrogen and oxygen atoms in total. The van der Waals surface area contributed by atoms with Gasteiger partial charge in [-0.2, -0.15) is 0 Å². The van der Waals surface area contributed by atoms with E-state index >= 15 is 0 Å². The lowest BCUT2D eigenvalue weighted by atomic mass is 10.0. The standard InChI is InChI=1S/C11H14O2/c1-2-11(12)8-3-4-9-6-13-7-10(9)5-8/h3-5,11-12H,2,6-7H2,1H3/t11-/m1/s1. The second kappa shape index (κ2) is 3.48. The number of fused-ring (bicyclic) bond motifs is 1. The van der Waals surface area contributed by atoms with Crippen LogP contribution in [-0.2, 0) is 18.0 Å². The van der Waals surface area contributed by atoms with Gasteiger partial charge in [-0.1, -0.05) is 25.1 Å². The van der Waals surface area contributed by atoms with E-state index in [4.69, 9.17) is 4.74 Å². The fraction of sp³-hybridized carbons (Fsp3) is 0.455. The van der Waals surface area contributed by atoms with Crippen molar-refractivity contribution in [3.63, 3.8) is 0 Å². The lowest BCUT2D eigenvalue weighted by molar-refractivity contribution is 0.134. The normalized spacial score (nSPS) is 17.1. The van der Waals surface area contributed by atoms with Crippen molar-refractivity contribution in [3.8, 4) is 0 Å². The molecule has 0 saturated carbocycles. The highest BCUT2D eigenvalue weighted by Crippen LogP contribution is 2.24. The van der Waals surface area contributed by atoms with Crippen LogP contribution in [0.4, 0.5) is 0 Å². The Kier molecular flexibility index (Phi) is 2.34. The van der Waals surface area contributed by atoms with E-state index in [1.54, 1.807) is 0 Å². The fourth-order valence-corrected chi connectivity index (χ4v) is 1.63. The Hall–Kier alpha value is -0.860. The summed E-state index contributed by atoms with van der Waals surface area (Å²) < 4.78 is 5.30. The molecule has 1 N–H and O–H groups in total. The van der Waals surface area contributed by atoms with Crippen molar-refractivity contribution in [1.82, 2.24) is 0 Å². The topological polar surface area (TPSA) is 29.5 Å². The Morgan fingerprint density at radius 1 is 1.38 bits per heavy atom. The molecule has 0 fully saturated rings. The van der Waals surface area contributed by atoms with Crippen LogP contribution >= 0.6 is 0 Å². The minimum Gasteiger partial charge on any atom is -0.388 e. The Labute approximate surface area is 78.2 Å². The number of aliphatic hydroxyl groups excluding tert-OH is 1. The van der Waals surface area contributed by atoms with Crippen molar-refractivity contribution < 1.29 is 9.84 Å². The lowest BCUT2D eigenvalue weighted by Gasteiger charge is -2.08. The van der Waals surface area contributed by atoms with E-state index in [1.807, 2.05) is 13.0 Å². The summed E-state index contributed by atoms with van der Waals surface area (Å²) in [5.41, 5.74) is 3.49. The van der Waals surface area contributed by atoms with Crippen LogP contribution in [0.3, 0.4) is 0 Å². The van der Waals surface area contributed by atoms with Crippen molar-refractivity contribution in [2.24, 2.45) is 0 Å².